The van der Waals surface area contributed by atoms with Crippen LogP contribution in [0.3, 0.4) is 0 Å². The van der Waals surface area contributed by atoms with Crippen molar-refractivity contribution in [2.24, 2.45) is 0 Å². The maximum atomic E-state index is 6.14. The molecule has 0 aliphatic heterocycles. The summed E-state index contributed by atoms with van der Waals surface area (Å²) in [6.07, 6.45) is 0.961. The zero-order chi connectivity index (χ0) is 14.5. The molecule has 0 spiro atoms. The Kier molecular flexibility index (Phi) is 4.90. The lowest BCUT2D eigenvalue weighted by Gasteiger charge is -2.14. The van der Waals surface area contributed by atoms with Crippen LogP contribution in [0.4, 0.5) is 17.1 Å². The zero-order valence-corrected chi connectivity index (χ0v) is 13.3. The number of para-hydroxylation sites is 1. The molecule has 0 radical (unpaired) electrons. The van der Waals surface area contributed by atoms with Crippen LogP contribution >= 0.6 is 15.9 Å². The number of nitrogens with two attached hydrogens (primary N) is 1. The summed E-state index contributed by atoms with van der Waals surface area (Å²) in [5.41, 5.74) is 9.82. The van der Waals surface area contributed by atoms with Crippen LogP contribution in [0.25, 0.3) is 0 Å². The Hall–Kier alpha value is -1.68. The molecule has 0 aromatic heterocycles. The molecule has 2 aromatic rings. The fraction of sp³-hybridized carbons (Fsp3) is 0.250. The molecule has 0 bridgehead atoms. The molecule has 3 nitrogen and oxygen atoms in total. The number of halogens is 1. The van der Waals surface area contributed by atoms with Crippen LogP contribution in [0.5, 0.6) is 5.75 Å². The largest absolute Gasteiger partial charge is 0.491 e. The van der Waals surface area contributed by atoms with Gasteiger partial charge in [0.25, 0.3) is 0 Å². The van der Waals surface area contributed by atoms with Crippen LogP contribution in [-0.4, -0.2) is 6.61 Å². The molecule has 0 heterocycles. The Bertz CT molecular complexity index is 599. The van der Waals surface area contributed by atoms with E-state index in [0.29, 0.717) is 12.3 Å². The standard InChI is InChI=1S/C16H19BrN2O/c1-3-9-20-15-6-4-5-14(16(15)18)19-12-7-8-13(17)11(2)10-12/h4-8,10,19H,3,9,18H2,1-2H3. The van der Waals surface area contributed by atoms with Gasteiger partial charge in [-0.2, -0.15) is 0 Å². The molecule has 0 aliphatic carbocycles. The second kappa shape index (κ2) is 6.66. The number of ether oxygens (including phenoxy) is 1. The average molecular weight is 335 g/mol. The highest BCUT2D eigenvalue weighted by atomic mass is 79.9. The summed E-state index contributed by atoms with van der Waals surface area (Å²) < 4.78 is 6.73. The van der Waals surface area contributed by atoms with E-state index < -0.39 is 0 Å². The van der Waals surface area contributed by atoms with E-state index in [9.17, 15) is 0 Å². The van der Waals surface area contributed by atoms with Gasteiger partial charge in [0.2, 0.25) is 0 Å². The Morgan fingerprint density at radius 3 is 2.75 bits per heavy atom. The van der Waals surface area contributed by atoms with Crippen molar-refractivity contribution in [3.05, 3.63) is 46.4 Å². The first-order valence-electron chi connectivity index (χ1n) is 6.66. The van der Waals surface area contributed by atoms with Gasteiger partial charge >= 0.3 is 0 Å². The van der Waals surface area contributed by atoms with Crippen LogP contribution < -0.4 is 15.8 Å². The first kappa shape index (κ1) is 14.7. The lowest BCUT2D eigenvalue weighted by Crippen LogP contribution is -2.02. The van der Waals surface area contributed by atoms with Crippen LogP contribution in [0, 0.1) is 6.92 Å². The molecule has 0 saturated heterocycles. The van der Waals surface area contributed by atoms with E-state index in [-0.39, 0.29) is 0 Å². The van der Waals surface area contributed by atoms with Gasteiger partial charge in [0.15, 0.2) is 0 Å². The van der Waals surface area contributed by atoms with Crippen molar-refractivity contribution in [2.75, 3.05) is 17.7 Å². The third-order valence-electron chi connectivity index (χ3n) is 2.96. The molecule has 2 rings (SSSR count). The normalized spacial score (nSPS) is 10.3. The molecular formula is C16H19BrN2O. The lowest BCUT2D eigenvalue weighted by atomic mass is 10.2. The summed E-state index contributed by atoms with van der Waals surface area (Å²) in [5, 5.41) is 3.33. The van der Waals surface area contributed by atoms with Gasteiger partial charge < -0.3 is 15.8 Å². The third kappa shape index (κ3) is 3.45. The fourth-order valence-corrected chi connectivity index (χ4v) is 2.12. The topological polar surface area (TPSA) is 47.3 Å². The van der Waals surface area contributed by atoms with Gasteiger partial charge in [-0.1, -0.05) is 28.9 Å². The molecule has 20 heavy (non-hydrogen) atoms. The summed E-state index contributed by atoms with van der Waals surface area (Å²) in [7, 11) is 0. The van der Waals surface area contributed by atoms with Gasteiger partial charge in [-0.25, -0.2) is 0 Å². The maximum Gasteiger partial charge on any atom is 0.144 e. The molecule has 0 aliphatic rings. The van der Waals surface area contributed by atoms with Gasteiger partial charge in [0.05, 0.1) is 18.0 Å². The molecule has 106 valence electrons. The van der Waals surface area contributed by atoms with Crippen molar-refractivity contribution in [1.29, 1.82) is 0 Å². The van der Waals surface area contributed by atoms with Gasteiger partial charge in [-0.3, -0.25) is 0 Å². The van der Waals surface area contributed by atoms with Gasteiger partial charge in [0, 0.05) is 10.2 Å². The lowest BCUT2D eigenvalue weighted by molar-refractivity contribution is 0.319. The average Bonchev–Trinajstić information content (AvgIpc) is 2.44. The number of benzene rings is 2. The first-order chi connectivity index (χ1) is 9.61. The number of nitrogens with one attached hydrogen (secondary N) is 1. The molecule has 0 unspecified atom stereocenters. The Labute approximate surface area is 128 Å². The highest BCUT2D eigenvalue weighted by molar-refractivity contribution is 9.10. The van der Waals surface area contributed by atoms with Crippen molar-refractivity contribution >= 4 is 33.0 Å². The van der Waals surface area contributed by atoms with Gasteiger partial charge in [-0.05, 0) is 49.2 Å². The highest BCUT2D eigenvalue weighted by Gasteiger charge is 2.06. The van der Waals surface area contributed by atoms with Crippen molar-refractivity contribution in [1.82, 2.24) is 0 Å². The molecular weight excluding hydrogens is 316 g/mol. The number of aryl methyl sites for hydroxylation is 1. The summed E-state index contributed by atoms with van der Waals surface area (Å²) in [6, 6.07) is 11.9. The predicted octanol–water partition coefficient (Wildman–Crippen LogP) is 4.87. The molecule has 4 heteroatoms. The smallest absolute Gasteiger partial charge is 0.144 e. The van der Waals surface area contributed by atoms with E-state index in [1.165, 1.54) is 5.56 Å². The molecule has 0 amide bonds. The summed E-state index contributed by atoms with van der Waals surface area (Å²) >= 11 is 3.50. The van der Waals surface area contributed by atoms with Gasteiger partial charge in [-0.15, -0.1) is 0 Å². The Morgan fingerprint density at radius 2 is 2.05 bits per heavy atom. The maximum absolute atomic E-state index is 6.14. The van der Waals surface area contributed by atoms with E-state index in [0.717, 1.165) is 28.0 Å². The Morgan fingerprint density at radius 1 is 1.25 bits per heavy atom. The van der Waals surface area contributed by atoms with Crippen LogP contribution in [-0.2, 0) is 0 Å². The molecule has 2 aromatic carbocycles. The minimum atomic E-state index is 0.640. The van der Waals surface area contributed by atoms with Crippen molar-refractivity contribution < 1.29 is 4.74 Å². The van der Waals surface area contributed by atoms with E-state index in [1.807, 2.05) is 30.3 Å². The van der Waals surface area contributed by atoms with Crippen molar-refractivity contribution in [3.8, 4) is 5.75 Å². The van der Waals surface area contributed by atoms with Crippen molar-refractivity contribution in [2.45, 2.75) is 20.3 Å². The van der Waals surface area contributed by atoms with Crippen LogP contribution in [0.1, 0.15) is 18.9 Å². The summed E-state index contributed by atoms with van der Waals surface area (Å²) in [6.45, 7) is 4.80. The minimum Gasteiger partial charge on any atom is -0.491 e. The number of anilines is 3. The summed E-state index contributed by atoms with van der Waals surface area (Å²) in [5.74, 6) is 0.727. The second-order valence-electron chi connectivity index (χ2n) is 4.65. The molecule has 3 N–H and O–H groups in total. The SMILES string of the molecule is CCCOc1cccc(Nc2ccc(Br)c(C)c2)c1N. The van der Waals surface area contributed by atoms with E-state index in [2.05, 4.69) is 41.2 Å². The van der Waals surface area contributed by atoms with Gasteiger partial charge in [0.1, 0.15) is 5.75 Å². The minimum absolute atomic E-state index is 0.640. The molecule has 0 atom stereocenters. The second-order valence-corrected chi connectivity index (χ2v) is 5.51. The van der Waals surface area contributed by atoms with Crippen molar-refractivity contribution in [3.63, 3.8) is 0 Å². The molecule has 0 fully saturated rings. The third-order valence-corrected chi connectivity index (χ3v) is 3.85. The fourth-order valence-electron chi connectivity index (χ4n) is 1.87. The number of rotatable bonds is 5. The van der Waals surface area contributed by atoms with E-state index in [1.54, 1.807) is 0 Å². The van der Waals surface area contributed by atoms with Crippen LogP contribution in [0.2, 0.25) is 0 Å². The Balaban J connectivity index is 2.22. The quantitative estimate of drug-likeness (QED) is 0.766. The molecule has 0 saturated carbocycles. The zero-order valence-electron chi connectivity index (χ0n) is 11.7. The number of hydrogen-bond acceptors (Lipinski definition) is 3. The summed E-state index contributed by atoms with van der Waals surface area (Å²) in [4.78, 5) is 0. The number of nitrogen functional groups attached to an aromatic ring is 1. The number of hydrogen-bond donors (Lipinski definition) is 2. The first-order valence-corrected chi connectivity index (χ1v) is 7.45. The predicted molar refractivity (Wildman–Crippen MR) is 88.8 cm³/mol. The van der Waals surface area contributed by atoms with E-state index >= 15 is 0 Å². The van der Waals surface area contributed by atoms with Crippen LogP contribution in [0.15, 0.2) is 40.9 Å². The van der Waals surface area contributed by atoms with E-state index in [4.69, 9.17) is 10.5 Å². The monoisotopic (exact) mass is 334 g/mol. The highest BCUT2D eigenvalue weighted by Crippen LogP contribution is 2.32.